The molecule has 0 saturated carbocycles. The molecule has 0 unspecified atom stereocenters. The molecule has 0 fully saturated rings. The molecule has 1 aliphatic carbocycles. The Labute approximate surface area is 127 Å². The van der Waals surface area contributed by atoms with Gasteiger partial charge in [0.1, 0.15) is 12.2 Å². The molecule has 3 heteroatoms. The number of aliphatic hydroxyl groups excluding tert-OH is 2. The smallest absolute Gasteiger partial charge is 0.106 e. The quantitative estimate of drug-likeness (QED) is 0.659. The molecule has 2 atom stereocenters. The SMILES string of the molecule is O[C@@H]1c2ccccc2[C@H](O)c2c(Cl)ccc3cccc1c23. The van der Waals surface area contributed by atoms with Crippen molar-refractivity contribution in [3.8, 4) is 0 Å². The van der Waals surface area contributed by atoms with Crippen LogP contribution < -0.4 is 0 Å². The van der Waals surface area contributed by atoms with Crippen LogP contribution in [0.3, 0.4) is 0 Å². The predicted octanol–water partition coefficient (Wildman–Crippen LogP) is 3.97. The van der Waals surface area contributed by atoms with Gasteiger partial charge in [-0.05, 0) is 33.5 Å². The highest BCUT2D eigenvalue weighted by Gasteiger charge is 2.29. The van der Waals surface area contributed by atoms with Gasteiger partial charge in [0.2, 0.25) is 0 Å². The second kappa shape index (κ2) is 4.57. The largest absolute Gasteiger partial charge is 0.384 e. The highest BCUT2D eigenvalue weighted by atomic mass is 35.5. The minimum atomic E-state index is -0.837. The molecular formula is C18H13ClO2. The molecule has 0 amide bonds. The molecule has 2 N–H and O–H groups in total. The molecule has 3 aromatic carbocycles. The minimum Gasteiger partial charge on any atom is -0.384 e. The predicted molar refractivity (Wildman–Crippen MR) is 83.5 cm³/mol. The van der Waals surface area contributed by atoms with Gasteiger partial charge >= 0.3 is 0 Å². The van der Waals surface area contributed by atoms with Crippen molar-refractivity contribution in [3.05, 3.63) is 81.9 Å². The Morgan fingerprint density at radius 2 is 1.38 bits per heavy atom. The van der Waals surface area contributed by atoms with Gasteiger partial charge in [-0.1, -0.05) is 60.1 Å². The van der Waals surface area contributed by atoms with Crippen molar-refractivity contribution < 1.29 is 10.2 Å². The van der Waals surface area contributed by atoms with Crippen molar-refractivity contribution in [2.75, 3.05) is 0 Å². The van der Waals surface area contributed by atoms with Crippen LogP contribution in [0.25, 0.3) is 10.8 Å². The summed E-state index contributed by atoms with van der Waals surface area (Å²) < 4.78 is 0. The van der Waals surface area contributed by atoms with Gasteiger partial charge in [-0.2, -0.15) is 0 Å². The third-order valence-electron chi connectivity index (χ3n) is 4.22. The van der Waals surface area contributed by atoms with E-state index in [0.717, 1.165) is 21.9 Å². The summed E-state index contributed by atoms with van der Waals surface area (Å²) in [5.41, 5.74) is 2.89. The number of rotatable bonds is 0. The van der Waals surface area contributed by atoms with E-state index >= 15 is 0 Å². The van der Waals surface area contributed by atoms with E-state index in [1.54, 1.807) is 6.07 Å². The lowest BCUT2D eigenvalue weighted by Gasteiger charge is -2.16. The first-order valence-electron chi connectivity index (χ1n) is 6.84. The lowest BCUT2D eigenvalue weighted by molar-refractivity contribution is 0.203. The van der Waals surface area contributed by atoms with Crippen LogP contribution in [-0.4, -0.2) is 10.2 Å². The first-order valence-corrected chi connectivity index (χ1v) is 7.22. The van der Waals surface area contributed by atoms with E-state index in [-0.39, 0.29) is 0 Å². The highest BCUT2D eigenvalue weighted by molar-refractivity contribution is 6.32. The van der Waals surface area contributed by atoms with Crippen LogP contribution in [0.15, 0.2) is 54.6 Å². The van der Waals surface area contributed by atoms with Gasteiger partial charge in [0.05, 0.1) is 0 Å². The molecule has 1 aliphatic rings. The fourth-order valence-corrected chi connectivity index (χ4v) is 3.50. The molecule has 0 aliphatic heterocycles. The minimum absolute atomic E-state index is 0.520. The van der Waals surface area contributed by atoms with Crippen LogP contribution >= 0.6 is 11.6 Å². The van der Waals surface area contributed by atoms with Gasteiger partial charge in [-0.25, -0.2) is 0 Å². The van der Waals surface area contributed by atoms with Crippen LogP contribution in [0.2, 0.25) is 5.02 Å². The lowest BCUT2D eigenvalue weighted by Crippen LogP contribution is -2.04. The highest BCUT2D eigenvalue weighted by Crippen LogP contribution is 2.44. The van der Waals surface area contributed by atoms with E-state index in [0.29, 0.717) is 16.1 Å². The van der Waals surface area contributed by atoms with E-state index in [4.69, 9.17) is 11.6 Å². The third-order valence-corrected chi connectivity index (χ3v) is 4.55. The summed E-state index contributed by atoms with van der Waals surface area (Å²) in [5, 5.41) is 23.9. The molecule has 2 nitrogen and oxygen atoms in total. The van der Waals surface area contributed by atoms with E-state index < -0.39 is 12.2 Å². The molecule has 0 spiro atoms. The van der Waals surface area contributed by atoms with Gasteiger partial charge in [-0.3, -0.25) is 0 Å². The summed E-state index contributed by atoms with van der Waals surface area (Å²) in [6.07, 6.45) is -1.60. The summed E-state index contributed by atoms with van der Waals surface area (Å²) in [7, 11) is 0. The fourth-order valence-electron chi connectivity index (χ4n) is 3.24. The van der Waals surface area contributed by atoms with Crippen molar-refractivity contribution in [2.45, 2.75) is 12.2 Å². The van der Waals surface area contributed by atoms with Crippen molar-refractivity contribution in [1.82, 2.24) is 0 Å². The van der Waals surface area contributed by atoms with Crippen LogP contribution in [0.4, 0.5) is 0 Å². The monoisotopic (exact) mass is 296 g/mol. The summed E-state index contributed by atoms with van der Waals surface area (Å²) in [5.74, 6) is 0. The zero-order chi connectivity index (χ0) is 14.6. The van der Waals surface area contributed by atoms with Crippen LogP contribution in [0.1, 0.15) is 34.5 Å². The Morgan fingerprint density at radius 3 is 2.14 bits per heavy atom. The van der Waals surface area contributed by atoms with Crippen molar-refractivity contribution in [2.24, 2.45) is 0 Å². The average molecular weight is 297 g/mol. The van der Waals surface area contributed by atoms with E-state index in [1.165, 1.54) is 0 Å². The summed E-state index contributed by atoms with van der Waals surface area (Å²) in [6.45, 7) is 0. The molecule has 0 aromatic heterocycles. The average Bonchev–Trinajstić information content (AvgIpc) is 2.61. The maximum atomic E-state index is 10.8. The summed E-state index contributed by atoms with van der Waals surface area (Å²) >= 11 is 6.35. The standard InChI is InChI=1S/C18H13ClO2/c19-14-9-8-10-4-3-7-13-15(10)16(14)18(21)12-6-2-1-5-11(12)17(13)20/h1-9,17-18,20-21H/t17-,18+/m1/s1. The zero-order valence-corrected chi connectivity index (χ0v) is 11.9. The Bertz CT molecular complexity index is 857. The molecule has 4 rings (SSSR count). The molecular weight excluding hydrogens is 284 g/mol. The van der Waals surface area contributed by atoms with Gasteiger partial charge in [0, 0.05) is 10.6 Å². The molecule has 104 valence electrons. The van der Waals surface area contributed by atoms with E-state index in [1.807, 2.05) is 48.5 Å². The maximum absolute atomic E-state index is 10.8. The van der Waals surface area contributed by atoms with Crippen molar-refractivity contribution in [3.63, 3.8) is 0 Å². The number of halogens is 1. The number of hydrogen-bond acceptors (Lipinski definition) is 2. The van der Waals surface area contributed by atoms with E-state index in [9.17, 15) is 10.2 Å². The molecule has 0 radical (unpaired) electrons. The molecule has 0 saturated heterocycles. The normalized spacial score (nSPS) is 20.1. The molecule has 0 bridgehead atoms. The van der Waals surface area contributed by atoms with Gasteiger partial charge in [0.15, 0.2) is 0 Å². The van der Waals surface area contributed by atoms with Crippen LogP contribution in [0.5, 0.6) is 0 Å². The van der Waals surface area contributed by atoms with Crippen molar-refractivity contribution in [1.29, 1.82) is 0 Å². The first-order chi connectivity index (χ1) is 10.2. The Hall–Kier alpha value is -1.87. The van der Waals surface area contributed by atoms with Crippen LogP contribution in [0, 0.1) is 0 Å². The fraction of sp³-hybridized carbons (Fsp3) is 0.111. The third kappa shape index (κ3) is 1.74. The number of fused-ring (bicyclic) bond motifs is 1. The summed E-state index contributed by atoms with van der Waals surface area (Å²) in [4.78, 5) is 0. The number of aliphatic hydroxyl groups is 2. The maximum Gasteiger partial charge on any atom is 0.106 e. The zero-order valence-electron chi connectivity index (χ0n) is 11.1. The molecule has 0 heterocycles. The Kier molecular flexibility index (Phi) is 2.79. The molecule has 21 heavy (non-hydrogen) atoms. The van der Waals surface area contributed by atoms with Gasteiger partial charge < -0.3 is 10.2 Å². The number of hydrogen-bond donors (Lipinski definition) is 2. The van der Waals surface area contributed by atoms with Gasteiger partial charge in [-0.15, -0.1) is 0 Å². The lowest BCUT2D eigenvalue weighted by atomic mass is 9.95. The summed E-state index contributed by atoms with van der Waals surface area (Å²) in [6, 6.07) is 16.9. The topological polar surface area (TPSA) is 40.5 Å². The Morgan fingerprint density at radius 1 is 0.714 bits per heavy atom. The van der Waals surface area contributed by atoms with Gasteiger partial charge in [0.25, 0.3) is 0 Å². The number of benzene rings is 3. The first kappa shape index (κ1) is 12.8. The van der Waals surface area contributed by atoms with E-state index in [2.05, 4.69) is 0 Å². The second-order valence-electron chi connectivity index (χ2n) is 5.34. The molecule has 3 aromatic rings. The van der Waals surface area contributed by atoms with Crippen molar-refractivity contribution >= 4 is 22.4 Å². The Balaban J connectivity index is 2.21. The van der Waals surface area contributed by atoms with Crippen LogP contribution in [-0.2, 0) is 0 Å². The second-order valence-corrected chi connectivity index (χ2v) is 5.75.